The van der Waals surface area contributed by atoms with Crippen LogP contribution >= 0.6 is 0 Å². The van der Waals surface area contributed by atoms with E-state index in [-0.39, 0.29) is 23.2 Å². The maximum atomic E-state index is 11.2. The van der Waals surface area contributed by atoms with Crippen LogP contribution in [0.3, 0.4) is 0 Å². The first-order valence-electron chi connectivity index (χ1n) is 9.88. The van der Waals surface area contributed by atoms with Crippen LogP contribution in [0.15, 0.2) is 12.1 Å². The van der Waals surface area contributed by atoms with E-state index in [1.807, 2.05) is 6.92 Å². The van der Waals surface area contributed by atoms with Gasteiger partial charge in [0.1, 0.15) is 17.1 Å². The summed E-state index contributed by atoms with van der Waals surface area (Å²) in [5.41, 5.74) is 0.394. The van der Waals surface area contributed by atoms with E-state index in [9.17, 15) is 25.2 Å². The number of hydrogen-bond acceptors (Lipinski definition) is 4. The summed E-state index contributed by atoms with van der Waals surface area (Å²) in [7, 11) is 0. The SMILES string of the molecule is CC(O)CCCCCCCCCCCCc1cc(O)cc(O)c1C(=O)O. The monoisotopic (exact) mass is 366 g/mol. The van der Waals surface area contributed by atoms with Gasteiger partial charge < -0.3 is 20.4 Å². The van der Waals surface area contributed by atoms with Crippen LogP contribution in [0, 0.1) is 0 Å². The van der Waals surface area contributed by atoms with Gasteiger partial charge in [-0.3, -0.25) is 0 Å². The largest absolute Gasteiger partial charge is 0.508 e. The van der Waals surface area contributed by atoms with E-state index in [1.165, 1.54) is 44.6 Å². The Kier molecular flexibility index (Phi) is 10.8. The fourth-order valence-electron chi connectivity index (χ4n) is 3.28. The van der Waals surface area contributed by atoms with Gasteiger partial charge in [0.15, 0.2) is 0 Å². The molecule has 26 heavy (non-hydrogen) atoms. The van der Waals surface area contributed by atoms with E-state index in [1.54, 1.807) is 0 Å². The Morgan fingerprint density at radius 2 is 1.38 bits per heavy atom. The lowest BCUT2D eigenvalue weighted by Gasteiger charge is -2.09. The number of aryl methyl sites for hydroxylation is 1. The molecule has 0 saturated heterocycles. The van der Waals surface area contributed by atoms with Gasteiger partial charge in [-0.25, -0.2) is 4.79 Å². The number of aliphatic hydroxyl groups excluding tert-OH is 1. The highest BCUT2D eigenvalue weighted by atomic mass is 16.4. The maximum absolute atomic E-state index is 11.2. The van der Waals surface area contributed by atoms with Crippen molar-refractivity contribution in [3.8, 4) is 11.5 Å². The highest BCUT2D eigenvalue weighted by molar-refractivity contribution is 5.92. The molecule has 1 unspecified atom stereocenters. The smallest absolute Gasteiger partial charge is 0.339 e. The molecule has 5 heteroatoms. The van der Waals surface area contributed by atoms with Crippen molar-refractivity contribution in [1.29, 1.82) is 0 Å². The number of carbonyl (C=O) groups is 1. The van der Waals surface area contributed by atoms with Crippen molar-refractivity contribution >= 4 is 5.97 Å². The number of hydrogen-bond donors (Lipinski definition) is 4. The Hall–Kier alpha value is -1.75. The molecule has 0 aliphatic heterocycles. The molecule has 5 nitrogen and oxygen atoms in total. The summed E-state index contributed by atoms with van der Waals surface area (Å²) in [5, 5.41) is 37.6. The first kappa shape index (κ1) is 22.3. The van der Waals surface area contributed by atoms with Crippen molar-refractivity contribution in [2.45, 2.75) is 90.1 Å². The molecule has 148 valence electrons. The second kappa shape index (κ2) is 12.6. The van der Waals surface area contributed by atoms with Gasteiger partial charge in [-0.1, -0.05) is 57.8 Å². The molecule has 0 spiro atoms. The minimum absolute atomic E-state index is 0.0987. The Balaban J connectivity index is 2.10. The standard InChI is InChI=1S/C21H34O5/c1-16(22)12-10-8-6-4-2-3-5-7-9-11-13-17-14-18(23)15-19(24)20(17)21(25)26/h14-16,22-24H,2-13H2,1H3,(H,25,26). The molecule has 0 aliphatic rings. The normalized spacial score (nSPS) is 12.2. The zero-order valence-corrected chi connectivity index (χ0v) is 15.9. The third-order valence-electron chi connectivity index (χ3n) is 4.72. The van der Waals surface area contributed by atoms with E-state index < -0.39 is 5.97 Å². The number of carboxylic acid groups (broad SMARTS) is 1. The summed E-state index contributed by atoms with van der Waals surface area (Å²) < 4.78 is 0. The van der Waals surface area contributed by atoms with Crippen LogP contribution in [0.5, 0.6) is 11.5 Å². The van der Waals surface area contributed by atoms with Crippen LogP contribution in [0.25, 0.3) is 0 Å². The van der Waals surface area contributed by atoms with E-state index in [0.29, 0.717) is 12.0 Å². The van der Waals surface area contributed by atoms with Crippen molar-refractivity contribution in [2.75, 3.05) is 0 Å². The molecule has 1 atom stereocenters. The number of phenols is 2. The van der Waals surface area contributed by atoms with E-state index in [4.69, 9.17) is 0 Å². The first-order chi connectivity index (χ1) is 12.4. The third kappa shape index (κ3) is 9.09. The molecule has 0 heterocycles. The van der Waals surface area contributed by atoms with Crippen LogP contribution in [0.1, 0.15) is 93.5 Å². The van der Waals surface area contributed by atoms with E-state index in [0.717, 1.165) is 38.2 Å². The summed E-state index contributed by atoms with van der Waals surface area (Å²) in [6.45, 7) is 1.84. The Labute approximate surface area is 156 Å². The molecular formula is C21H34O5. The molecule has 0 fully saturated rings. The number of unbranched alkanes of at least 4 members (excludes halogenated alkanes) is 9. The topological polar surface area (TPSA) is 98.0 Å². The molecule has 1 aromatic carbocycles. The van der Waals surface area contributed by atoms with E-state index in [2.05, 4.69) is 0 Å². The molecule has 0 bridgehead atoms. The lowest BCUT2D eigenvalue weighted by molar-refractivity contribution is 0.0692. The fourth-order valence-corrected chi connectivity index (χ4v) is 3.28. The van der Waals surface area contributed by atoms with Gasteiger partial charge in [-0.15, -0.1) is 0 Å². The van der Waals surface area contributed by atoms with Crippen molar-refractivity contribution < 1.29 is 25.2 Å². The number of carboxylic acids is 1. The van der Waals surface area contributed by atoms with Gasteiger partial charge in [0.25, 0.3) is 0 Å². The zero-order chi connectivity index (χ0) is 19.4. The zero-order valence-electron chi connectivity index (χ0n) is 15.9. The number of aliphatic hydroxyl groups is 1. The molecule has 4 N–H and O–H groups in total. The molecule has 0 amide bonds. The summed E-state index contributed by atoms with van der Waals surface area (Å²) in [6, 6.07) is 2.50. The highest BCUT2D eigenvalue weighted by Crippen LogP contribution is 2.28. The average molecular weight is 366 g/mol. The fraction of sp³-hybridized carbons (Fsp3) is 0.667. The number of aromatic carboxylic acids is 1. The van der Waals surface area contributed by atoms with Crippen molar-refractivity contribution in [3.63, 3.8) is 0 Å². The van der Waals surface area contributed by atoms with Crippen LogP contribution in [-0.4, -0.2) is 32.5 Å². The molecule has 1 rings (SSSR count). The quantitative estimate of drug-likeness (QED) is 0.347. The third-order valence-corrected chi connectivity index (χ3v) is 4.72. The van der Waals surface area contributed by atoms with Crippen molar-refractivity contribution in [1.82, 2.24) is 0 Å². The van der Waals surface area contributed by atoms with Crippen LogP contribution < -0.4 is 0 Å². The Morgan fingerprint density at radius 1 is 0.885 bits per heavy atom. The Morgan fingerprint density at radius 3 is 1.88 bits per heavy atom. The summed E-state index contributed by atoms with van der Waals surface area (Å²) in [4.78, 5) is 11.2. The predicted molar refractivity (Wildman–Crippen MR) is 103 cm³/mol. The van der Waals surface area contributed by atoms with Gasteiger partial charge in [0.2, 0.25) is 0 Å². The minimum atomic E-state index is -1.16. The summed E-state index contributed by atoms with van der Waals surface area (Å²) in [6.07, 6.45) is 12.7. The second-order valence-corrected chi connectivity index (χ2v) is 7.23. The van der Waals surface area contributed by atoms with Crippen LogP contribution in [0.4, 0.5) is 0 Å². The predicted octanol–water partition coefficient (Wildman–Crippen LogP) is 5.01. The van der Waals surface area contributed by atoms with Gasteiger partial charge in [0.05, 0.1) is 6.10 Å². The lowest BCUT2D eigenvalue weighted by atomic mass is 9.99. The molecule has 0 aliphatic carbocycles. The van der Waals surface area contributed by atoms with Crippen LogP contribution in [-0.2, 0) is 6.42 Å². The van der Waals surface area contributed by atoms with Gasteiger partial charge >= 0.3 is 5.97 Å². The second-order valence-electron chi connectivity index (χ2n) is 7.23. The molecule has 1 aromatic rings. The van der Waals surface area contributed by atoms with Crippen molar-refractivity contribution in [3.05, 3.63) is 23.3 Å². The highest BCUT2D eigenvalue weighted by Gasteiger charge is 2.16. The number of aromatic hydroxyl groups is 2. The number of rotatable bonds is 14. The molecular weight excluding hydrogens is 332 g/mol. The summed E-state index contributed by atoms with van der Waals surface area (Å²) >= 11 is 0. The van der Waals surface area contributed by atoms with Crippen molar-refractivity contribution in [2.24, 2.45) is 0 Å². The Bertz CT molecular complexity index is 539. The number of phenolic OH excluding ortho intramolecular Hbond substituents is 1. The number of benzene rings is 1. The average Bonchev–Trinajstić information content (AvgIpc) is 2.54. The molecule has 0 aromatic heterocycles. The van der Waals surface area contributed by atoms with Gasteiger partial charge in [0, 0.05) is 6.07 Å². The van der Waals surface area contributed by atoms with E-state index >= 15 is 0 Å². The maximum Gasteiger partial charge on any atom is 0.339 e. The first-order valence-corrected chi connectivity index (χ1v) is 9.88. The summed E-state index contributed by atoms with van der Waals surface area (Å²) in [5.74, 6) is -1.64. The lowest BCUT2D eigenvalue weighted by Crippen LogP contribution is -2.03. The minimum Gasteiger partial charge on any atom is -0.508 e. The van der Waals surface area contributed by atoms with Gasteiger partial charge in [-0.2, -0.15) is 0 Å². The van der Waals surface area contributed by atoms with Gasteiger partial charge in [-0.05, 0) is 37.8 Å². The van der Waals surface area contributed by atoms with Crippen LogP contribution in [0.2, 0.25) is 0 Å². The molecule has 0 radical (unpaired) electrons. The molecule has 0 saturated carbocycles.